The summed E-state index contributed by atoms with van der Waals surface area (Å²) in [7, 11) is 0. The van der Waals surface area contributed by atoms with Crippen LogP contribution in [-0.2, 0) is 0 Å². The molecule has 2 rings (SSSR count). The molecule has 0 aliphatic heterocycles. The summed E-state index contributed by atoms with van der Waals surface area (Å²) in [5.74, 6) is 0.657. The number of nitrogen functional groups attached to an aromatic ring is 1. The first-order chi connectivity index (χ1) is 6.68. The zero-order valence-corrected chi connectivity index (χ0v) is 8.36. The highest BCUT2D eigenvalue weighted by atomic mass is 16.2. The molecule has 0 unspecified atom stereocenters. The standard InChI is InChI=1S/C10H15N3O/c1-7-6-9(11)13(12-7)10(14)8-4-2-3-5-8/h6,8H,2-5,11H2,1H3. The van der Waals surface area contributed by atoms with Crippen molar-refractivity contribution in [1.82, 2.24) is 9.78 Å². The number of carbonyl (C=O) groups excluding carboxylic acids is 1. The summed E-state index contributed by atoms with van der Waals surface area (Å²) in [6.45, 7) is 1.84. The maximum atomic E-state index is 11.9. The Morgan fingerprint density at radius 3 is 2.71 bits per heavy atom. The number of aryl methyl sites for hydroxylation is 1. The highest BCUT2D eigenvalue weighted by Crippen LogP contribution is 2.26. The van der Waals surface area contributed by atoms with Crippen LogP contribution in [0.15, 0.2) is 6.07 Å². The van der Waals surface area contributed by atoms with E-state index in [1.807, 2.05) is 6.92 Å². The average molecular weight is 193 g/mol. The van der Waals surface area contributed by atoms with Gasteiger partial charge in [0.05, 0.1) is 5.69 Å². The Kier molecular flexibility index (Phi) is 2.27. The van der Waals surface area contributed by atoms with E-state index in [4.69, 9.17) is 5.73 Å². The maximum Gasteiger partial charge on any atom is 0.251 e. The Labute approximate surface area is 83.1 Å². The molecule has 0 aromatic carbocycles. The molecule has 1 aliphatic rings. The Bertz CT molecular complexity index is 350. The Balaban J connectivity index is 2.21. The van der Waals surface area contributed by atoms with Gasteiger partial charge in [0.1, 0.15) is 5.82 Å². The molecule has 1 aromatic rings. The summed E-state index contributed by atoms with van der Waals surface area (Å²) in [4.78, 5) is 11.9. The van der Waals surface area contributed by atoms with Crippen LogP contribution in [0.4, 0.5) is 5.82 Å². The lowest BCUT2D eigenvalue weighted by atomic mass is 10.1. The molecule has 0 spiro atoms. The third-order valence-corrected chi connectivity index (χ3v) is 2.77. The number of hydrogen-bond acceptors (Lipinski definition) is 3. The minimum atomic E-state index is 0.0631. The molecule has 2 N–H and O–H groups in total. The van der Waals surface area contributed by atoms with Crippen molar-refractivity contribution in [2.24, 2.45) is 5.92 Å². The van der Waals surface area contributed by atoms with Gasteiger partial charge in [0, 0.05) is 12.0 Å². The van der Waals surface area contributed by atoms with Crippen LogP contribution in [0.2, 0.25) is 0 Å². The van der Waals surface area contributed by atoms with Crippen molar-refractivity contribution in [3.8, 4) is 0 Å². The van der Waals surface area contributed by atoms with E-state index < -0.39 is 0 Å². The molecule has 0 atom stereocenters. The van der Waals surface area contributed by atoms with Crippen LogP contribution in [0.1, 0.15) is 36.2 Å². The third-order valence-electron chi connectivity index (χ3n) is 2.77. The van der Waals surface area contributed by atoms with Gasteiger partial charge in [-0.1, -0.05) is 12.8 Å². The number of carbonyl (C=O) groups is 1. The zero-order chi connectivity index (χ0) is 10.1. The number of rotatable bonds is 1. The molecule has 0 saturated heterocycles. The van der Waals surface area contributed by atoms with E-state index in [1.54, 1.807) is 6.07 Å². The fourth-order valence-corrected chi connectivity index (χ4v) is 2.04. The fourth-order valence-electron chi connectivity index (χ4n) is 2.04. The minimum Gasteiger partial charge on any atom is -0.383 e. The lowest BCUT2D eigenvalue weighted by Crippen LogP contribution is -2.22. The van der Waals surface area contributed by atoms with E-state index in [0.29, 0.717) is 5.82 Å². The molecule has 4 heteroatoms. The monoisotopic (exact) mass is 193 g/mol. The van der Waals surface area contributed by atoms with Gasteiger partial charge >= 0.3 is 0 Å². The van der Waals surface area contributed by atoms with Gasteiger partial charge in [-0.3, -0.25) is 4.79 Å². The second-order valence-corrected chi connectivity index (χ2v) is 3.94. The molecule has 1 heterocycles. The second-order valence-electron chi connectivity index (χ2n) is 3.94. The van der Waals surface area contributed by atoms with Crippen LogP contribution < -0.4 is 5.73 Å². The molecule has 4 nitrogen and oxygen atoms in total. The second kappa shape index (κ2) is 3.44. The number of nitrogens with zero attached hydrogens (tertiary/aromatic N) is 2. The van der Waals surface area contributed by atoms with Gasteiger partial charge in [-0.25, -0.2) is 0 Å². The molecule has 0 bridgehead atoms. The first-order valence-electron chi connectivity index (χ1n) is 5.05. The lowest BCUT2D eigenvalue weighted by molar-refractivity contribution is 0.0823. The number of nitrogens with two attached hydrogens (primary N) is 1. The quantitative estimate of drug-likeness (QED) is 0.737. The molecule has 1 fully saturated rings. The van der Waals surface area contributed by atoms with Crippen LogP contribution in [0.3, 0.4) is 0 Å². The Morgan fingerprint density at radius 1 is 1.57 bits per heavy atom. The van der Waals surface area contributed by atoms with E-state index in [-0.39, 0.29) is 11.8 Å². The lowest BCUT2D eigenvalue weighted by Gasteiger charge is -2.08. The summed E-state index contributed by atoms with van der Waals surface area (Å²) in [5, 5.41) is 4.10. The highest BCUT2D eigenvalue weighted by molar-refractivity contribution is 5.83. The fraction of sp³-hybridized carbons (Fsp3) is 0.600. The summed E-state index contributed by atoms with van der Waals surface area (Å²) in [6, 6.07) is 1.73. The van der Waals surface area contributed by atoms with Crippen molar-refractivity contribution < 1.29 is 4.79 Å². The molecule has 0 amide bonds. The summed E-state index contributed by atoms with van der Waals surface area (Å²) in [5.41, 5.74) is 6.49. The number of hydrogen-bond donors (Lipinski definition) is 1. The predicted molar refractivity (Wildman–Crippen MR) is 54.0 cm³/mol. The summed E-state index contributed by atoms with van der Waals surface area (Å²) < 4.78 is 1.35. The smallest absolute Gasteiger partial charge is 0.251 e. The van der Waals surface area contributed by atoms with Gasteiger partial charge in [-0.2, -0.15) is 9.78 Å². The first-order valence-corrected chi connectivity index (χ1v) is 5.05. The zero-order valence-electron chi connectivity index (χ0n) is 8.36. The van der Waals surface area contributed by atoms with Gasteiger partial charge in [0.15, 0.2) is 0 Å². The van der Waals surface area contributed by atoms with E-state index in [0.717, 1.165) is 31.4 Å². The van der Waals surface area contributed by atoms with E-state index >= 15 is 0 Å². The van der Waals surface area contributed by atoms with Crippen molar-refractivity contribution in [3.63, 3.8) is 0 Å². The van der Waals surface area contributed by atoms with Crippen LogP contribution >= 0.6 is 0 Å². The Hall–Kier alpha value is -1.32. The van der Waals surface area contributed by atoms with Gasteiger partial charge in [0.2, 0.25) is 0 Å². The molecule has 1 aromatic heterocycles. The van der Waals surface area contributed by atoms with Crippen molar-refractivity contribution in [2.45, 2.75) is 32.6 Å². The molecule has 14 heavy (non-hydrogen) atoms. The van der Waals surface area contributed by atoms with E-state index in [9.17, 15) is 4.79 Å². The predicted octanol–water partition coefficient (Wildman–Crippen LogP) is 1.60. The van der Waals surface area contributed by atoms with Gasteiger partial charge in [0.25, 0.3) is 5.91 Å². The third kappa shape index (κ3) is 1.52. The van der Waals surface area contributed by atoms with Crippen LogP contribution in [-0.4, -0.2) is 15.7 Å². The van der Waals surface area contributed by atoms with Crippen molar-refractivity contribution in [1.29, 1.82) is 0 Å². The molecule has 1 aliphatic carbocycles. The SMILES string of the molecule is Cc1cc(N)n(C(=O)C2CCCC2)n1. The topological polar surface area (TPSA) is 60.9 Å². The van der Waals surface area contributed by atoms with Gasteiger partial charge < -0.3 is 5.73 Å². The molecule has 1 saturated carbocycles. The largest absolute Gasteiger partial charge is 0.383 e. The Morgan fingerprint density at radius 2 is 2.21 bits per heavy atom. The van der Waals surface area contributed by atoms with Crippen LogP contribution in [0.5, 0.6) is 0 Å². The van der Waals surface area contributed by atoms with Gasteiger partial charge in [-0.05, 0) is 19.8 Å². The van der Waals surface area contributed by atoms with Gasteiger partial charge in [-0.15, -0.1) is 0 Å². The molecule has 0 radical (unpaired) electrons. The van der Waals surface area contributed by atoms with Crippen molar-refractivity contribution in [2.75, 3.05) is 5.73 Å². The molecule has 76 valence electrons. The summed E-state index contributed by atoms with van der Waals surface area (Å²) in [6.07, 6.45) is 4.27. The maximum absolute atomic E-state index is 11.9. The molecular weight excluding hydrogens is 178 g/mol. The average Bonchev–Trinajstić information content (AvgIpc) is 2.73. The normalized spacial score (nSPS) is 17.5. The van der Waals surface area contributed by atoms with Crippen LogP contribution in [0.25, 0.3) is 0 Å². The minimum absolute atomic E-state index is 0.0631. The van der Waals surface area contributed by atoms with Crippen LogP contribution in [0, 0.1) is 12.8 Å². The first kappa shape index (κ1) is 9.24. The molecular formula is C10H15N3O. The van der Waals surface area contributed by atoms with E-state index in [1.165, 1.54) is 4.68 Å². The van der Waals surface area contributed by atoms with Crippen molar-refractivity contribution >= 4 is 11.7 Å². The van der Waals surface area contributed by atoms with E-state index in [2.05, 4.69) is 5.10 Å². The number of anilines is 1. The van der Waals surface area contributed by atoms with Crippen molar-refractivity contribution in [3.05, 3.63) is 11.8 Å². The summed E-state index contributed by atoms with van der Waals surface area (Å²) >= 11 is 0. The highest BCUT2D eigenvalue weighted by Gasteiger charge is 2.25. The number of aromatic nitrogens is 2.